The van der Waals surface area contributed by atoms with Gasteiger partial charge in [0.05, 0.1) is 10.2 Å². The van der Waals surface area contributed by atoms with Crippen molar-refractivity contribution >= 4 is 55.6 Å². The van der Waals surface area contributed by atoms with E-state index >= 15 is 0 Å². The Hall–Kier alpha value is -2.15. The largest absolute Gasteiger partial charge is 0.317 e. The molecular formula is C20H16N2OS3. The first kappa shape index (κ1) is 17.3. The maximum absolute atomic E-state index is 12.3. The lowest BCUT2D eigenvalue weighted by Gasteiger charge is -2.05. The molecule has 0 radical (unpaired) electrons. The number of rotatable bonds is 6. The van der Waals surface area contributed by atoms with Gasteiger partial charge in [-0.3, -0.25) is 4.79 Å². The first-order valence-corrected chi connectivity index (χ1v) is 10.9. The van der Waals surface area contributed by atoms with Crippen LogP contribution in [0.4, 0.5) is 5.00 Å². The number of aromatic nitrogens is 1. The maximum atomic E-state index is 12.3. The van der Waals surface area contributed by atoms with Crippen LogP contribution in [-0.4, -0.2) is 16.6 Å². The smallest absolute Gasteiger partial charge is 0.225 e. The van der Waals surface area contributed by atoms with Gasteiger partial charge in [-0.15, -0.1) is 34.4 Å². The van der Waals surface area contributed by atoms with Crippen molar-refractivity contribution in [2.45, 2.75) is 11.3 Å². The quantitative estimate of drug-likeness (QED) is 0.398. The van der Waals surface area contributed by atoms with E-state index in [1.165, 1.54) is 4.90 Å². The first-order valence-electron chi connectivity index (χ1n) is 8.21. The molecule has 0 unspecified atom stereocenters. The highest BCUT2D eigenvalue weighted by Gasteiger charge is 2.14. The highest BCUT2D eigenvalue weighted by Crippen LogP contribution is 2.37. The van der Waals surface area contributed by atoms with Crippen molar-refractivity contribution in [3.63, 3.8) is 0 Å². The van der Waals surface area contributed by atoms with E-state index in [0.717, 1.165) is 31.5 Å². The number of thiazole rings is 1. The summed E-state index contributed by atoms with van der Waals surface area (Å²) in [6, 6.07) is 20.3. The van der Waals surface area contributed by atoms with Gasteiger partial charge in [-0.25, -0.2) is 4.98 Å². The van der Waals surface area contributed by atoms with Crippen molar-refractivity contribution in [2.75, 3.05) is 11.1 Å². The summed E-state index contributed by atoms with van der Waals surface area (Å²) in [7, 11) is 0. The van der Waals surface area contributed by atoms with Gasteiger partial charge in [-0.05, 0) is 35.7 Å². The average Bonchev–Trinajstić information content (AvgIpc) is 3.28. The average molecular weight is 397 g/mol. The lowest BCUT2D eigenvalue weighted by atomic mass is 10.3. The molecule has 2 aromatic heterocycles. The molecule has 26 heavy (non-hydrogen) atoms. The van der Waals surface area contributed by atoms with Crippen LogP contribution in [0.2, 0.25) is 0 Å². The van der Waals surface area contributed by atoms with Crippen LogP contribution < -0.4 is 5.32 Å². The summed E-state index contributed by atoms with van der Waals surface area (Å²) in [5.41, 5.74) is 2.00. The zero-order chi connectivity index (χ0) is 17.8. The molecule has 0 fully saturated rings. The fraction of sp³-hybridized carbons (Fsp3) is 0.100. The van der Waals surface area contributed by atoms with Crippen LogP contribution in [0.3, 0.4) is 0 Å². The molecule has 0 aliphatic heterocycles. The number of para-hydroxylation sites is 1. The molecule has 4 aromatic rings. The zero-order valence-electron chi connectivity index (χ0n) is 13.8. The molecule has 3 nitrogen and oxygen atoms in total. The van der Waals surface area contributed by atoms with Gasteiger partial charge in [-0.2, -0.15) is 0 Å². The van der Waals surface area contributed by atoms with Gasteiger partial charge in [0.15, 0.2) is 0 Å². The van der Waals surface area contributed by atoms with Gasteiger partial charge >= 0.3 is 0 Å². The molecule has 130 valence electrons. The van der Waals surface area contributed by atoms with E-state index in [9.17, 15) is 4.79 Å². The summed E-state index contributed by atoms with van der Waals surface area (Å²) in [5, 5.41) is 6.87. The molecular weight excluding hydrogens is 380 g/mol. The van der Waals surface area contributed by atoms with Crippen LogP contribution in [0.15, 0.2) is 70.9 Å². The standard InChI is InChI=1S/C20H16N2OS3/c23-18(11-13-24-14-6-2-1-3-7-14)22-19-15(10-12-25-19)20-21-16-8-4-5-9-17(16)26-20/h1-10,12H,11,13H2,(H,22,23). The second-order valence-corrected chi connectivity index (χ2v) is 8.72. The molecule has 0 aliphatic carbocycles. The van der Waals surface area contributed by atoms with Crippen molar-refractivity contribution < 1.29 is 4.79 Å². The van der Waals surface area contributed by atoms with Crippen LogP contribution in [0.1, 0.15) is 6.42 Å². The van der Waals surface area contributed by atoms with Crippen LogP contribution >= 0.6 is 34.4 Å². The van der Waals surface area contributed by atoms with Crippen LogP contribution in [0.5, 0.6) is 0 Å². The summed E-state index contributed by atoms with van der Waals surface area (Å²) in [4.78, 5) is 18.2. The van der Waals surface area contributed by atoms with Crippen molar-refractivity contribution in [1.29, 1.82) is 0 Å². The molecule has 0 saturated carbocycles. The van der Waals surface area contributed by atoms with E-state index in [-0.39, 0.29) is 5.91 Å². The number of benzene rings is 2. The van der Waals surface area contributed by atoms with Gasteiger partial charge in [-0.1, -0.05) is 30.3 Å². The molecule has 6 heteroatoms. The Kier molecular flexibility index (Phi) is 5.34. The van der Waals surface area contributed by atoms with Gasteiger partial charge < -0.3 is 5.32 Å². The number of fused-ring (bicyclic) bond motifs is 1. The van der Waals surface area contributed by atoms with E-state index in [0.29, 0.717) is 6.42 Å². The zero-order valence-corrected chi connectivity index (χ0v) is 16.3. The summed E-state index contributed by atoms with van der Waals surface area (Å²) < 4.78 is 1.16. The third kappa shape index (κ3) is 3.98. The Balaban J connectivity index is 1.41. The number of amides is 1. The Labute approximate surface area is 164 Å². The summed E-state index contributed by atoms with van der Waals surface area (Å²) in [5.74, 6) is 0.802. The molecule has 0 atom stereocenters. The second-order valence-electron chi connectivity index (χ2n) is 5.61. The number of thiophene rings is 1. The number of hydrogen-bond acceptors (Lipinski definition) is 5. The van der Waals surface area contributed by atoms with Gasteiger partial charge in [0, 0.05) is 22.6 Å². The minimum atomic E-state index is 0.0400. The number of nitrogens with one attached hydrogen (secondary N) is 1. The molecule has 0 bridgehead atoms. The minimum absolute atomic E-state index is 0.0400. The third-order valence-electron chi connectivity index (χ3n) is 3.78. The van der Waals surface area contributed by atoms with E-state index in [1.807, 2.05) is 47.8 Å². The number of carbonyl (C=O) groups is 1. The highest BCUT2D eigenvalue weighted by molar-refractivity contribution is 7.99. The summed E-state index contributed by atoms with van der Waals surface area (Å²) >= 11 is 4.89. The predicted molar refractivity (Wildman–Crippen MR) is 113 cm³/mol. The summed E-state index contributed by atoms with van der Waals surface area (Å²) in [6.07, 6.45) is 0.483. The van der Waals surface area contributed by atoms with Crippen molar-refractivity contribution in [2.24, 2.45) is 0 Å². The normalized spacial score (nSPS) is 10.9. The molecule has 1 N–H and O–H groups in total. The molecule has 2 heterocycles. The number of anilines is 1. The van der Waals surface area contributed by atoms with Crippen molar-refractivity contribution in [1.82, 2.24) is 4.98 Å². The first-order chi connectivity index (χ1) is 12.8. The van der Waals surface area contributed by atoms with E-state index in [1.54, 1.807) is 34.4 Å². The van der Waals surface area contributed by atoms with Crippen molar-refractivity contribution in [3.8, 4) is 10.6 Å². The number of hydrogen-bond donors (Lipinski definition) is 1. The number of nitrogens with zero attached hydrogens (tertiary/aromatic N) is 1. The monoisotopic (exact) mass is 396 g/mol. The van der Waals surface area contributed by atoms with E-state index in [2.05, 4.69) is 23.5 Å². The van der Waals surface area contributed by atoms with E-state index in [4.69, 9.17) is 4.98 Å². The third-order valence-corrected chi connectivity index (χ3v) is 6.70. The maximum Gasteiger partial charge on any atom is 0.225 e. The Bertz CT molecular complexity index is 991. The van der Waals surface area contributed by atoms with Crippen LogP contribution in [-0.2, 0) is 4.79 Å². The van der Waals surface area contributed by atoms with Crippen LogP contribution in [0.25, 0.3) is 20.8 Å². The Morgan fingerprint density at radius 3 is 2.69 bits per heavy atom. The van der Waals surface area contributed by atoms with Gasteiger partial charge in [0.2, 0.25) is 5.91 Å². The fourth-order valence-electron chi connectivity index (χ4n) is 2.53. The molecule has 4 rings (SSSR count). The van der Waals surface area contributed by atoms with Gasteiger partial charge in [0.1, 0.15) is 10.0 Å². The summed E-state index contributed by atoms with van der Waals surface area (Å²) in [6.45, 7) is 0. The molecule has 2 aromatic carbocycles. The Morgan fingerprint density at radius 1 is 1.04 bits per heavy atom. The molecule has 1 amide bonds. The molecule has 0 spiro atoms. The lowest BCUT2D eigenvalue weighted by molar-refractivity contribution is -0.115. The Morgan fingerprint density at radius 2 is 1.85 bits per heavy atom. The SMILES string of the molecule is O=C(CCSc1ccccc1)Nc1sccc1-c1nc2ccccc2s1. The molecule has 0 saturated heterocycles. The molecule has 0 aliphatic rings. The van der Waals surface area contributed by atoms with Crippen molar-refractivity contribution in [3.05, 3.63) is 66.0 Å². The fourth-order valence-corrected chi connectivity index (χ4v) is 5.27. The van der Waals surface area contributed by atoms with Crippen LogP contribution in [0, 0.1) is 0 Å². The lowest BCUT2D eigenvalue weighted by Crippen LogP contribution is -2.11. The van der Waals surface area contributed by atoms with Gasteiger partial charge in [0.25, 0.3) is 0 Å². The number of carbonyl (C=O) groups excluding carboxylic acids is 1. The predicted octanol–water partition coefficient (Wildman–Crippen LogP) is 6.15. The minimum Gasteiger partial charge on any atom is -0.317 e. The van der Waals surface area contributed by atoms with E-state index < -0.39 is 0 Å². The highest BCUT2D eigenvalue weighted by atomic mass is 32.2. The second kappa shape index (κ2) is 8.03. The topological polar surface area (TPSA) is 42.0 Å². The number of thioether (sulfide) groups is 1.